The van der Waals surface area contributed by atoms with Crippen molar-refractivity contribution in [2.45, 2.75) is 25.0 Å². The highest BCUT2D eigenvalue weighted by molar-refractivity contribution is 7.95. The Labute approximate surface area is 181 Å². The number of carbonyl (C=O) groups excluding carboxylic acids is 2. The van der Waals surface area contributed by atoms with Crippen molar-refractivity contribution in [2.75, 3.05) is 29.4 Å². The van der Waals surface area contributed by atoms with Crippen molar-refractivity contribution in [3.63, 3.8) is 0 Å². The zero-order chi connectivity index (χ0) is 22.2. The zero-order valence-electron chi connectivity index (χ0n) is 17.3. The molecule has 1 saturated carbocycles. The van der Waals surface area contributed by atoms with Gasteiger partial charge in [0.1, 0.15) is 5.75 Å². The van der Waals surface area contributed by atoms with Crippen LogP contribution in [0.25, 0.3) is 0 Å². The van der Waals surface area contributed by atoms with E-state index >= 15 is 0 Å². The summed E-state index contributed by atoms with van der Waals surface area (Å²) in [6, 6.07) is 13.6. The van der Waals surface area contributed by atoms with Crippen molar-refractivity contribution in [3.8, 4) is 5.75 Å². The predicted molar refractivity (Wildman–Crippen MR) is 115 cm³/mol. The van der Waals surface area contributed by atoms with Crippen LogP contribution < -0.4 is 14.4 Å². The highest BCUT2D eigenvalue weighted by Gasteiger charge is 2.75. The number of anilines is 2. The summed E-state index contributed by atoms with van der Waals surface area (Å²) in [5.41, 5.74) is 2.07. The molecule has 2 aromatic carbocycles. The molecule has 4 rings (SSSR count). The summed E-state index contributed by atoms with van der Waals surface area (Å²) in [4.78, 5) is 24.3. The number of nitrogens with one attached hydrogen (secondary N) is 1. The normalized spacial score (nSPS) is 23.0. The number of hydrogen-bond donors (Lipinski definition) is 1. The molecular formula is C22H24N2O6S. The van der Waals surface area contributed by atoms with E-state index in [4.69, 9.17) is 9.47 Å². The molecule has 9 heteroatoms. The first-order valence-corrected chi connectivity index (χ1v) is 11.5. The number of fused-ring (bicyclic) bond motifs is 1. The lowest BCUT2D eigenvalue weighted by molar-refractivity contribution is -0.145. The summed E-state index contributed by atoms with van der Waals surface area (Å²) >= 11 is 0. The maximum atomic E-state index is 13.2. The zero-order valence-corrected chi connectivity index (χ0v) is 18.1. The van der Waals surface area contributed by atoms with Crippen LogP contribution in [0.2, 0.25) is 0 Å². The molecule has 1 aliphatic heterocycles. The molecular weight excluding hydrogens is 420 g/mol. The van der Waals surface area contributed by atoms with Crippen LogP contribution in [0.15, 0.2) is 48.5 Å². The lowest BCUT2D eigenvalue weighted by Gasteiger charge is -2.23. The van der Waals surface area contributed by atoms with Gasteiger partial charge in [-0.2, -0.15) is 0 Å². The molecule has 2 aliphatic rings. The Morgan fingerprint density at radius 2 is 1.81 bits per heavy atom. The van der Waals surface area contributed by atoms with Crippen molar-refractivity contribution >= 4 is 33.3 Å². The fraction of sp³-hybridized carbons (Fsp3) is 0.364. The summed E-state index contributed by atoms with van der Waals surface area (Å²) < 4.78 is 36.5. The molecule has 2 atom stereocenters. The quantitative estimate of drug-likeness (QED) is 0.659. The number of amides is 1. The number of rotatable bonds is 7. The van der Waals surface area contributed by atoms with E-state index in [1.54, 1.807) is 43.3 Å². The SMILES string of the molecule is CCOC(=O)COc1ccc(NC(=O)[C@@]23C[C@@H]2CN(c2ccc(C)cc2)S3(=O)=O)cc1. The molecule has 0 radical (unpaired) electrons. The van der Waals surface area contributed by atoms with Crippen LogP contribution in [0.5, 0.6) is 5.75 Å². The molecule has 0 unspecified atom stereocenters. The highest BCUT2D eigenvalue weighted by atomic mass is 32.2. The van der Waals surface area contributed by atoms with Gasteiger partial charge in [-0.3, -0.25) is 9.10 Å². The van der Waals surface area contributed by atoms with Gasteiger partial charge in [0.2, 0.25) is 15.9 Å². The fourth-order valence-electron chi connectivity index (χ4n) is 3.90. The first-order valence-electron chi connectivity index (χ1n) is 10.1. The second-order valence-electron chi connectivity index (χ2n) is 7.73. The smallest absolute Gasteiger partial charge is 0.344 e. The van der Waals surface area contributed by atoms with Crippen molar-refractivity contribution in [1.82, 2.24) is 0 Å². The minimum Gasteiger partial charge on any atom is -0.482 e. The molecule has 2 aromatic rings. The topological polar surface area (TPSA) is 102 Å². The van der Waals surface area contributed by atoms with Gasteiger partial charge in [0, 0.05) is 18.2 Å². The van der Waals surface area contributed by atoms with Crippen LogP contribution in [-0.4, -0.2) is 44.8 Å². The minimum absolute atomic E-state index is 0.211. The van der Waals surface area contributed by atoms with Gasteiger partial charge < -0.3 is 14.8 Å². The van der Waals surface area contributed by atoms with Gasteiger partial charge in [-0.1, -0.05) is 17.7 Å². The number of hydrogen-bond acceptors (Lipinski definition) is 6. The van der Waals surface area contributed by atoms with Gasteiger partial charge in [0.25, 0.3) is 0 Å². The number of benzene rings is 2. The van der Waals surface area contributed by atoms with Crippen LogP contribution in [0.3, 0.4) is 0 Å². The van der Waals surface area contributed by atoms with Crippen LogP contribution in [0.1, 0.15) is 18.9 Å². The Kier molecular flexibility index (Phi) is 5.38. The summed E-state index contributed by atoms with van der Waals surface area (Å²) in [6.45, 7) is 4.02. The van der Waals surface area contributed by atoms with Crippen molar-refractivity contribution < 1.29 is 27.5 Å². The van der Waals surface area contributed by atoms with Crippen LogP contribution in [0.4, 0.5) is 11.4 Å². The van der Waals surface area contributed by atoms with Gasteiger partial charge in [-0.15, -0.1) is 0 Å². The third-order valence-corrected chi connectivity index (χ3v) is 8.21. The van der Waals surface area contributed by atoms with E-state index in [1.165, 1.54) is 4.31 Å². The number of esters is 1. The number of sulfonamides is 1. The summed E-state index contributed by atoms with van der Waals surface area (Å²) in [7, 11) is -3.83. The average molecular weight is 445 g/mol. The summed E-state index contributed by atoms with van der Waals surface area (Å²) in [5.74, 6) is -0.783. The van der Waals surface area contributed by atoms with Gasteiger partial charge in [-0.05, 0) is 56.7 Å². The molecule has 0 aromatic heterocycles. The average Bonchev–Trinajstić information content (AvgIpc) is 3.44. The predicted octanol–water partition coefficient (Wildman–Crippen LogP) is 2.48. The Hall–Kier alpha value is -3.07. The first kappa shape index (κ1) is 21.2. The largest absolute Gasteiger partial charge is 0.482 e. The number of aryl methyl sites for hydroxylation is 1. The molecule has 1 aliphatic carbocycles. The van der Waals surface area contributed by atoms with Gasteiger partial charge in [0.05, 0.1) is 12.3 Å². The number of nitrogens with zero attached hydrogens (tertiary/aromatic N) is 1. The molecule has 1 saturated heterocycles. The van der Waals surface area contributed by atoms with E-state index in [9.17, 15) is 18.0 Å². The van der Waals surface area contributed by atoms with Crippen molar-refractivity contribution in [2.24, 2.45) is 5.92 Å². The van der Waals surface area contributed by atoms with Crippen LogP contribution in [0, 0.1) is 12.8 Å². The Bertz CT molecular complexity index is 1100. The Morgan fingerprint density at radius 1 is 1.13 bits per heavy atom. The molecule has 1 amide bonds. The van der Waals surface area contributed by atoms with Crippen molar-refractivity contribution in [1.29, 1.82) is 0 Å². The Morgan fingerprint density at radius 3 is 2.45 bits per heavy atom. The summed E-state index contributed by atoms with van der Waals surface area (Å²) in [5, 5.41) is 2.72. The van der Waals surface area contributed by atoms with E-state index in [0.29, 0.717) is 30.1 Å². The molecule has 0 spiro atoms. The fourth-order valence-corrected chi connectivity index (χ4v) is 6.26. The maximum Gasteiger partial charge on any atom is 0.344 e. The van der Waals surface area contributed by atoms with E-state index in [0.717, 1.165) is 5.56 Å². The molecule has 8 nitrogen and oxygen atoms in total. The third-order valence-electron chi connectivity index (χ3n) is 5.67. The second-order valence-corrected chi connectivity index (χ2v) is 9.85. The van der Waals surface area contributed by atoms with E-state index in [1.807, 2.05) is 19.1 Å². The highest BCUT2D eigenvalue weighted by Crippen LogP contribution is 2.58. The van der Waals surface area contributed by atoms with Crippen molar-refractivity contribution in [3.05, 3.63) is 54.1 Å². The maximum absolute atomic E-state index is 13.2. The molecule has 164 valence electrons. The standard InChI is InChI=1S/C22H24N2O6S/c1-3-29-20(25)14-30-19-10-6-17(7-11-19)23-21(26)22-12-16(22)13-24(31(22,27)28)18-8-4-15(2)5-9-18/h4-11,16H,3,12-14H2,1-2H3,(H,23,26)/t16-,22-/m1/s1. The van der Waals surface area contributed by atoms with Gasteiger partial charge in [0.15, 0.2) is 11.4 Å². The van der Waals surface area contributed by atoms with E-state index in [2.05, 4.69) is 5.32 Å². The van der Waals surface area contributed by atoms with Gasteiger partial charge >= 0.3 is 5.97 Å². The van der Waals surface area contributed by atoms with Crippen LogP contribution >= 0.6 is 0 Å². The van der Waals surface area contributed by atoms with Gasteiger partial charge in [-0.25, -0.2) is 13.2 Å². The third kappa shape index (κ3) is 3.74. The second kappa shape index (κ2) is 7.88. The summed E-state index contributed by atoms with van der Waals surface area (Å²) in [6.07, 6.45) is 0.324. The van der Waals surface area contributed by atoms with E-state index < -0.39 is 26.6 Å². The number of ether oxygens (including phenoxy) is 2. The number of carbonyl (C=O) groups is 2. The lowest BCUT2D eigenvalue weighted by Crippen LogP contribution is -2.42. The Balaban J connectivity index is 1.43. The minimum atomic E-state index is -3.83. The molecule has 1 N–H and O–H groups in total. The monoisotopic (exact) mass is 444 g/mol. The first-order chi connectivity index (χ1) is 14.8. The lowest BCUT2D eigenvalue weighted by atomic mass is 10.2. The molecule has 31 heavy (non-hydrogen) atoms. The van der Waals surface area contributed by atoms with Crippen LogP contribution in [-0.2, 0) is 24.3 Å². The van der Waals surface area contributed by atoms with E-state index in [-0.39, 0.29) is 19.1 Å². The molecule has 1 heterocycles. The molecule has 2 fully saturated rings. The molecule has 0 bridgehead atoms.